The molecule has 8 heteroatoms. The highest BCUT2D eigenvalue weighted by Crippen LogP contribution is 2.29. The number of ether oxygens (including phenoxy) is 3. The predicted molar refractivity (Wildman–Crippen MR) is 137 cm³/mol. The summed E-state index contributed by atoms with van der Waals surface area (Å²) in [5.74, 6) is 1.01. The number of methoxy groups -OCH3 is 1. The average molecular weight is 497 g/mol. The van der Waals surface area contributed by atoms with Gasteiger partial charge in [0.15, 0.2) is 11.5 Å². The van der Waals surface area contributed by atoms with Crippen LogP contribution in [0.25, 0.3) is 6.08 Å². The Morgan fingerprint density at radius 2 is 1.41 bits per heavy atom. The van der Waals surface area contributed by atoms with E-state index in [0.717, 1.165) is 43.0 Å². The number of unbranched alkanes of at least 4 members (excludes halogenated alkanes) is 5. The fourth-order valence-electron chi connectivity index (χ4n) is 3.58. The first-order chi connectivity index (χ1) is 16.5. The lowest BCUT2D eigenvalue weighted by Gasteiger charge is -2.28. The third-order valence-electron chi connectivity index (χ3n) is 5.11. The number of rotatable bonds is 20. The summed E-state index contributed by atoms with van der Waals surface area (Å²) in [7, 11) is -1.15. The molecule has 0 saturated carbocycles. The quantitative estimate of drug-likeness (QED) is 0.0943. The molecule has 0 aliphatic rings. The van der Waals surface area contributed by atoms with Crippen LogP contribution in [-0.2, 0) is 22.8 Å². The van der Waals surface area contributed by atoms with Gasteiger partial charge in [0.25, 0.3) is 0 Å². The molecule has 0 atom stereocenters. The van der Waals surface area contributed by atoms with Gasteiger partial charge in [-0.15, -0.1) is 0 Å². The molecule has 194 valence electrons. The number of carbonyl (C=O) groups excluding carboxylic acids is 1. The molecule has 0 fully saturated rings. The van der Waals surface area contributed by atoms with Gasteiger partial charge in [0.1, 0.15) is 0 Å². The van der Waals surface area contributed by atoms with Crippen molar-refractivity contribution in [2.45, 2.75) is 72.3 Å². The Kier molecular flexibility index (Phi) is 16.4. The second kappa shape index (κ2) is 18.5. The molecule has 0 unspecified atom stereocenters. The largest absolute Gasteiger partial charge is 0.500 e. The summed E-state index contributed by atoms with van der Waals surface area (Å²) in [6.07, 6.45) is 9.76. The van der Waals surface area contributed by atoms with E-state index in [-0.39, 0.29) is 0 Å². The maximum Gasteiger partial charge on any atom is 0.500 e. The number of benzene rings is 1. The van der Waals surface area contributed by atoms with Crippen LogP contribution in [0.15, 0.2) is 24.3 Å². The number of hydrogen-bond donors (Lipinski definition) is 0. The van der Waals surface area contributed by atoms with E-state index in [0.29, 0.717) is 38.8 Å². The number of hydrogen-bond acceptors (Lipinski definition) is 7. The van der Waals surface area contributed by atoms with Gasteiger partial charge >= 0.3 is 14.8 Å². The van der Waals surface area contributed by atoms with Crippen LogP contribution in [0, 0.1) is 0 Å². The standard InChI is InChI=1S/C26H44O7Si/c1-6-29-25-22-23(17-19-26(27)28-5)16-18-24(25)30-20-14-12-10-11-13-15-21-34(31-7-2,32-8-3)33-9-4/h16-19,22H,6-15,20-21H2,1-5H3. The first kappa shape index (κ1) is 30.2. The molecule has 0 spiro atoms. The minimum absolute atomic E-state index is 0.391. The van der Waals surface area contributed by atoms with Crippen molar-refractivity contribution in [2.24, 2.45) is 0 Å². The Morgan fingerprint density at radius 1 is 0.794 bits per heavy atom. The van der Waals surface area contributed by atoms with Crippen molar-refractivity contribution in [1.82, 2.24) is 0 Å². The Balaban J connectivity index is 2.34. The molecule has 0 bridgehead atoms. The van der Waals surface area contributed by atoms with Gasteiger partial charge in [-0.3, -0.25) is 0 Å². The fraction of sp³-hybridized carbons (Fsp3) is 0.654. The predicted octanol–water partition coefficient (Wildman–Crippen LogP) is 6.04. The smallest absolute Gasteiger partial charge is 0.490 e. The molecule has 0 aliphatic heterocycles. The fourth-order valence-corrected chi connectivity index (χ4v) is 6.27. The van der Waals surface area contributed by atoms with Gasteiger partial charge in [0.05, 0.1) is 20.3 Å². The minimum Gasteiger partial charge on any atom is -0.490 e. The van der Waals surface area contributed by atoms with Crippen molar-refractivity contribution in [3.8, 4) is 11.5 Å². The van der Waals surface area contributed by atoms with Gasteiger partial charge in [-0.25, -0.2) is 4.79 Å². The van der Waals surface area contributed by atoms with Gasteiger partial charge in [-0.2, -0.15) is 0 Å². The molecular weight excluding hydrogens is 452 g/mol. The van der Waals surface area contributed by atoms with Gasteiger partial charge < -0.3 is 27.5 Å². The van der Waals surface area contributed by atoms with Gasteiger partial charge in [-0.05, 0) is 64.3 Å². The first-order valence-electron chi connectivity index (χ1n) is 12.6. The Morgan fingerprint density at radius 3 is 2.00 bits per heavy atom. The molecule has 0 aromatic heterocycles. The molecular formula is C26H44O7Si. The van der Waals surface area contributed by atoms with E-state index in [1.165, 1.54) is 26.0 Å². The monoisotopic (exact) mass is 496 g/mol. The summed E-state index contributed by atoms with van der Waals surface area (Å²) in [6, 6.07) is 6.53. The van der Waals surface area contributed by atoms with E-state index < -0.39 is 14.8 Å². The van der Waals surface area contributed by atoms with Crippen molar-refractivity contribution in [2.75, 3.05) is 40.1 Å². The molecule has 1 aromatic carbocycles. The third-order valence-corrected chi connectivity index (χ3v) is 8.26. The van der Waals surface area contributed by atoms with E-state index in [9.17, 15) is 4.79 Å². The molecule has 0 heterocycles. The Bertz CT molecular complexity index is 691. The van der Waals surface area contributed by atoms with Crippen molar-refractivity contribution in [1.29, 1.82) is 0 Å². The molecule has 0 aliphatic carbocycles. The first-order valence-corrected chi connectivity index (χ1v) is 14.5. The van der Waals surface area contributed by atoms with Crippen molar-refractivity contribution in [3.63, 3.8) is 0 Å². The molecule has 1 rings (SSSR count). The second-order valence-electron chi connectivity index (χ2n) is 7.70. The van der Waals surface area contributed by atoms with Crippen LogP contribution in [-0.4, -0.2) is 54.9 Å². The zero-order valence-electron chi connectivity index (χ0n) is 21.7. The van der Waals surface area contributed by atoms with Crippen LogP contribution in [0.1, 0.15) is 71.8 Å². The maximum atomic E-state index is 11.3. The highest BCUT2D eigenvalue weighted by Gasteiger charge is 2.39. The normalized spacial score (nSPS) is 11.7. The molecule has 7 nitrogen and oxygen atoms in total. The molecule has 1 aromatic rings. The molecule has 0 amide bonds. The topological polar surface area (TPSA) is 72.5 Å². The lowest BCUT2D eigenvalue weighted by Crippen LogP contribution is -2.45. The summed E-state index contributed by atoms with van der Waals surface area (Å²) < 4.78 is 34.1. The lowest BCUT2D eigenvalue weighted by molar-refractivity contribution is -0.134. The molecule has 34 heavy (non-hydrogen) atoms. The highest BCUT2D eigenvalue weighted by molar-refractivity contribution is 6.60. The molecule has 0 radical (unpaired) electrons. The lowest BCUT2D eigenvalue weighted by atomic mass is 10.1. The van der Waals surface area contributed by atoms with Gasteiger partial charge in [0.2, 0.25) is 0 Å². The van der Waals surface area contributed by atoms with Crippen molar-refractivity contribution >= 4 is 20.8 Å². The summed E-state index contributed by atoms with van der Waals surface area (Å²) in [5.41, 5.74) is 0.853. The van der Waals surface area contributed by atoms with Crippen molar-refractivity contribution in [3.05, 3.63) is 29.8 Å². The summed E-state index contributed by atoms with van der Waals surface area (Å²) in [4.78, 5) is 11.3. The van der Waals surface area contributed by atoms with E-state index >= 15 is 0 Å². The average Bonchev–Trinajstić information content (AvgIpc) is 2.83. The number of carbonyl (C=O) groups is 1. The summed E-state index contributed by atoms with van der Waals surface area (Å²) in [5, 5.41) is 0. The van der Waals surface area contributed by atoms with E-state index in [1.54, 1.807) is 6.08 Å². The van der Waals surface area contributed by atoms with Gasteiger partial charge in [0, 0.05) is 31.9 Å². The zero-order valence-corrected chi connectivity index (χ0v) is 22.7. The molecule has 0 saturated heterocycles. The maximum absolute atomic E-state index is 11.3. The van der Waals surface area contributed by atoms with Crippen LogP contribution < -0.4 is 9.47 Å². The van der Waals surface area contributed by atoms with Crippen LogP contribution in [0.3, 0.4) is 0 Å². The van der Waals surface area contributed by atoms with Gasteiger partial charge in [-0.1, -0.05) is 31.7 Å². The highest BCUT2D eigenvalue weighted by atomic mass is 28.4. The van der Waals surface area contributed by atoms with E-state index in [2.05, 4.69) is 4.74 Å². The van der Waals surface area contributed by atoms with Crippen LogP contribution in [0.4, 0.5) is 0 Å². The summed E-state index contributed by atoms with van der Waals surface area (Å²) in [6.45, 7) is 11.0. The van der Waals surface area contributed by atoms with E-state index in [1.807, 2.05) is 45.9 Å². The number of esters is 1. The Hall–Kier alpha value is -1.87. The molecule has 0 N–H and O–H groups in total. The SMILES string of the molecule is CCOc1cc(C=CC(=O)OC)ccc1OCCCCCCCC[Si](OCC)(OCC)OCC. The third kappa shape index (κ3) is 12.0. The van der Waals surface area contributed by atoms with Crippen LogP contribution >= 0.6 is 0 Å². The van der Waals surface area contributed by atoms with Crippen LogP contribution in [0.2, 0.25) is 6.04 Å². The summed E-state index contributed by atoms with van der Waals surface area (Å²) >= 11 is 0. The Labute approximate surface area is 207 Å². The van der Waals surface area contributed by atoms with E-state index in [4.69, 9.17) is 22.8 Å². The van der Waals surface area contributed by atoms with Crippen LogP contribution in [0.5, 0.6) is 11.5 Å². The second-order valence-corrected chi connectivity index (χ2v) is 10.4. The van der Waals surface area contributed by atoms with Crippen molar-refractivity contribution < 1.29 is 32.3 Å². The minimum atomic E-state index is -2.50. The zero-order chi connectivity index (χ0) is 25.1.